The Hall–Kier alpha value is -7.24. The molecule has 53 heavy (non-hydrogen) atoms. The van der Waals surface area contributed by atoms with Crippen LogP contribution >= 0.6 is 0 Å². The summed E-state index contributed by atoms with van der Waals surface area (Å²) in [6, 6.07) is 60.2. The molecule has 12 rings (SSSR count). The molecular weight excluding hydrogens is 649 g/mol. The number of imidazole rings is 1. The fourth-order valence-electron chi connectivity index (χ4n) is 8.43. The number of hydrogen-bond donors (Lipinski definition) is 0. The zero-order valence-corrected chi connectivity index (χ0v) is 28.4. The molecule has 246 valence electrons. The average Bonchev–Trinajstić information content (AvgIpc) is 3.90. The molecule has 0 unspecified atom stereocenters. The van der Waals surface area contributed by atoms with Crippen molar-refractivity contribution in [2.45, 2.75) is 0 Å². The smallest absolute Gasteiger partial charge is 0.221 e. The highest BCUT2D eigenvalue weighted by Gasteiger charge is 2.21. The lowest BCUT2D eigenvalue weighted by atomic mass is 9.98. The Morgan fingerprint density at radius 1 is 0.396 bits per heavy atom. The Morgan fingerprint density at radius 2 is 1.02 bits per heavy atom. The molecule has 12 aromatic rings. The zero-order valence-electron chi connectivity index (χ0n) is 28.4. The molecule has 4 heterocycles. The van der Waals surface area contributed by atoms with Gasteiger partial charge in [-0.05, 0) is 99.8 Å². The molecule has 0 fully saturated rings. The van der Waals surface area contributed by atoms with E-state index in [1.165, 1.54) is 32.7 Å². The Bertz CT molecular complexity index is 3460. The van der Waals surface area contributed by atoms with Gasteiger partial charge in [-0.15, -0.1) is 0 Å². The number of hydrogen-bond acceptors (Lipinski definition) is 3. The number of benzene rings is 8. The summed E-state index contributed by atoms with van der Waals surface area (Å²) in [6.07, 6.45) is 0. The van der Waals surface area contributed by atoms with Gasteiger partial charge in [-0.25, -0.2) is 9.97 Å². The van der Waals surface area contributed by atoms with E-state index in [1.807, 2.05) is 12.1 Å². The number of para-hydroxylation sites is 3. The largest absolute Gasteiger partial charge is 0.456 e. The van der Waals surface area contributed by atoms with Crippen LogP contribution in [0.1, 0.15) is 0 Å². The highest BCUT2D eigenvalue weighted by molar-refractivity contribution is 6.22. The van der Waals surface area contributed by atoms with Crippen molar-refractivity contribution in [2.24, 2.45) is 0 Å². The zero-order chi connectivity index (χ0) is 34.6. The van der Waals surface area contributed by atoms with Crippen LogP contribution < -0.4 is 0 Å². The highest BCUT2D eigenvalue weighted by atomic mass is 16.3. The maximum atomic E-state index is 6.33. The summed E-state index contributed by atoms with van der Waals surface area (Å²) in [4.78, 5) is 10.5. The van der Waals surface area contributed by atoms with Crippen molar-refractivity contribution in [3.05, 3.63) is 170 Å². The van der Waals surface area contributed by atoms with Crippen LogP contribution in [0.3, 0.4) is 0 Å². The first-order valence-corrected chi connectivity index (χ1v) is 17.9. The van der Waals surface area contributed by atoms with E-state index in [2.05, 4.69) is 167 Å². The molecule has 8 aromatic carbocycles. The fourth-order valence-corrected chi connectivity index (χ4v) is 8.43. The summed E-state index contributed by atoms with van der Waals surface area (Å²) in [7, 11) is 0. The van der Waals surface area contributed by atoms with Crippen LogP contribution in [0.2, 0.25) is 0 Å². The minimum atomic E-state index is 0.816. The maximum Gasteiger partial charge on any atom is 0.221 e. The van der Waals surface area contributed by atoms with Gasteiger partial charge in [0, 0.05) is 26.9 Å². The lowest BCUT2D eigenvalue weighted by Gasteiger charge is -2.13. The van der Waals surface area contributed by atoms with Gasteiger partial charge in [0.25, 0.3) is 0 Å². The minimum Gasteiger partial charge on any atom is -0.456 e. The molecule has 5 nitrogen and oxygen atoms in total. The second-order valence-electron chi connectivity index (χ2n) is 13.8. The van der Waals surface area contributed by atoms with E-state index in [0.717, 1.165) is 77.6 Å². The Labute approximate surface area is 302 Å². The van der Waals surface area contributed by atoms with Crippen molar-refractivity contribution >= 4 is 82.1 Å². The molecule has 0 saturated heterocycles. The number of aromatic nitrogens is 4. The summed E-state index contributed by atoms with van der Waals surface area (Å²) in [5.41, 5.74) is 12.4. The minimum absolute atomic E-state index is 0.816. The van der Waals surface area contributed by atoms with E-state index in [4.69, 9.17) is 14.4 Å². The molecule has 0 aliphatic rings. The summed E-state index contributed by atoms with van der Waals surface area (Å²) in [5.74, 6) is 0.816. The first-order chi connectivity index (χ1) is 26.3. The number of rotatable bonds is 3. The third-order valence-corrected chi connectivity index (χ3v) is 10.9. The molecule has 0 saturated carbocycles. The summed E-state index contributed by atoms with van der Waals surface area (Å²) in [5, 5.41) is 8.04. The Kier molecular flexibility index (Phi) is 5.71. The molecule has 0 bridgehead atoms. The average molecular weight is 677 g/mol. The molecule has 0 amide bonds. The van der Waals surface area contributed by atoms with Crippen LogP contribution in [0.25, 0.3) is 110 Å². The first-order valence-electron chi connectivity index (χ1n) is 17.9. The van der Waals surface area contributed by atoms with Gasteiger partial charge in [-0.3, -0.25) is 8.97 Å². The lowest BCUT2D eigenvalue weighted by Crippen LogP contribution is -2.06. The molecular formula is C48H28N4O. The van der Waals surface area contributed by atoms with Crippen molar-refractivity contribution < 1.29 is 4.42 Å². The van der Waals surface area contributed by atoms with E-state index < -0.39 is 0 Å². The van der Waals surface area contributed by atoms with Gasteiger partial charge in [0.2, 0.25) is 5.95 Å². The predicted molar refractivity (Wildman–Crippen MR) is 218 cm³/mol. The Balaban J connectivity index is 1.14. The summed E-state index contributed by atoms with van der Waals surface area (Å²) >= 11 is 0. The van der Waals surface area contributed by atoms with E-state index >= 15 is 0 Å². The van der Waals surface area contributed by atoms with Crippen LogP contribution in [0, 0.1) is 0 Å². The van der Waals surface area contributed by atoms with Gasteiger partial charge < -0.3 is 4.42 Å². The molecule has 4 aromatic heterocycles. The number of fused-ring (bicyclic) bond motifs is 13. The topological polar surface area (TPSA) is 48.3 Å². The monoisotopic (exact) mass is 676 g/mol. The van der Waals surface area contributed by atoms with Gasteiger partial charge in [-0.1, -0.05) is 103 Å². The van der Waals surface area contributed by atoms with Crippen molar-refractivity contribution in [3.63, 3.8) is 0 Å². The molecule has 0 spiro atoms. The van der Waals surface area contributed by atoms with Crippen LogP contribution in [0.5, 0.6) is 0 Å². The normalized spacial score (nSPS) is 12.2. The van der Waals surface area contributed by atoms with Crippen LogP contribution in [0.15, 0.2) is 174 Å². The molecule has 0 aliphatic carbocycles. The molecule has 0 aliphatic heterocycles. The third kappa shape index (κ3) is 4.07. The maximum absolute atomic E-state index is 6.33. The van der Waals surface area contributed by atoms with Gasteiger partial charge in [0.15, 0.2) is 0 Å². The fraction of sp³-hybridized carbons (Fsp3) is 0. The van der Waals surface area contributed by atoms with Gasteiger partial charge >= 0.3 is 0 Å². The molecule has 0 radical (unpaired) electrons. The quantitative estimate of drug-likeness (QED) is 0.187. The SMILES string of the molecule is c1ccc(-c2ccc3oc4ccc(-c5ccc6c(c5)c5c7ccccc7ccc5n6-c5nc6ccccc6c6nc7ccccc7n56)cc4c3c2)cc1. The molecule has 5 heteroatoms. The van der Waals surface area contributed by atoms with Gasteiger partial charge in [0.05, 0.1) is 27.6 Å². The number of furan rings is 1. The van der Waals surface area contributed by atoms with Crippen molar-refractivity contribution in [1.29, 1.82) is 0 Å². The van der Waals surface area contributed by atoms with E-state index in [1.54, 1.807) is 0 Å². The molecule has 0 atom stereocenters. The highest BCUT2D eigenvalue weighted by Crippen LogP contribution is 2.41. The first kappa shape index (κ1) is 28.5. The van der Waals surface area contributed by atoms with Crippen molar-refractivity contribution in [2.75, 3.05) is 0 Å². The van der Waals surface area contributed by atoms with E-state index in [-0.39, 0.29) is 0 Å². The Morgan fingerprint density at radius 3 is 1.83 bits per heavy atom. The van der Waals surface area contributed by atoms with Crippen molar-refractivity contribution in [1.82, 2.24) is 18.9 Å². The lowest BCUT2D eigenvalue weighted by molar-refractivity contribution is 0.669. The summed E-state index contributed by atoms with van der Waals surface area (Å²) in [6.45, 7) is 0. The second kappa shape index (κ2) is 10.6. The van der Waals surface area contributed by atoms with Crippen LogP contribution in [-0.2, 0) is 0 Å². The standard InChI is InChI=1S/C48H28N4O/c1-2-10-29(11-3-1)31-20-24-44-36(26-31)37-27-33(21-25-45(37)53-44)32-19-22-41-38(28-32)46-34-13-5-4-12-30(34)18-23-43(46)51(41)48-50-39-15-7-6-14-35(39)47-49-40-16-8-9-17-42(40)52(47)48/h1-28H. The van der Waals surface area contributed by atoms with Crippen LogP contribution in [-0.4, -0.2) is 18.9 Å². The predicted octanol–water partition coefficient (Wildman–Crippen LogP) is 12.5. The third-order valence-electron chi connectivity index (χ3n) is 10.9. The molecule has 0 N–H and O–H groups in total. The second-order valence-corrected chi connectivity index (χ2v) is 13.8. The van der Waals surface area contributed by atoms with E-state index in [0.29, 0.717) is 0 Å². The van der Waals surface area contributed by atoms with E-state index in [9.17, 15) is 0 Å². The van der Waals surface area contributed by atoms with Crippen molar-refractivity contribution in [3.8, 4) is 28.2 Å². The van der Waals surface area contributed by atoms with Gasteiger partial charge in [-0.2, -0.15) is 0 Å². The summed E-state index contributed by atoms with van der Waals surface area (Å²) < 4.78 is 10.9. The number of nitrogens with zero attached hydrogens (tertiary/aromatic N) is 4. The van der Waals surface area contributed by atoms with Crippen LogP contribution in [0.4, 0.5) is 0 Å². The van der Waals surface area contributed by atoms with Gasteiger partial charge in [0.1, 0.15) is 16.8 Å².